The number of benzene rings is 2. The summed E-state index contributed by atoms with van der Waals surface area (Å²) in [6, 6.07) is 9.07. The molecule has 12 heteroatoms. The van der Waals surface area contributed by atoms with Crippen molar-refractivity contribution in [3.05, 3.63) is 53.1 Å². The number of halogens is 4. The minimum atomic E-state index is -5.04. The fourth-order valence-electron chi connectivity index (χ4n) is 2.77. The number of rotatable bonds is 4. The van der Waals surface area contributed by atoms with E-state index in [2.05, 4.69) is 4.99 Å². The molecule has 0 spiro atoms. The molecular weight excluding hydrogens is 435 g/mol. The third kappa shape index (κ3) is 4.04. The molecule has 1 atom stereocenters. The maximum absolute atomic E-state index is 13.4. The van der Waals surface area contributed by atoms with Crippen molar-refractivity contribution >= 4 is 33.1 Å². The fourth-order valence-corrected chi connectivity index (χ4v) is 3.55. The SMILES string of the molecule is COc1ccc(C2=NC(O)(C(F)(F)F)CN2c2ccc(S(N)(=O)=O)cc2)cc1Cl. The van der Waals surface area contributed by atoms with E-state index >= 15 is 0 Å². The van der Waals surface area contributed by atoms with Crippen LogP contribution in [0.4, 0.5) is 18.9 Å². The van der Waals surface area contributed by atoms with Gasteiger partial charge in [0.25, 0.3) is 5.72 Å². The van der Waals surface area contributed by atoms with E-state index in [0.29, 0.717) is 5.75 Å². The van der Waals surface area contributed by atoms with Gasteiger partial charge in [-0.1, -0.05) is 11.6 Å². The van der Waals surface area contributed by atoms with Crippen LogP contribution in [0.5, 0.6) is 5.75 Å². The average Bonchev–Trinajstić information content (AvgIpc) is 3.00. The van der Waals surface area contributed by atoms with Crippen molar-refractivity contribution in [3.63, 3.8) is 0 Å². The lowest BCUT2D eigenvalue weighted by atomic mass is 10.1. The van der Waals surface area contributed by atoms with Gasteiger partial charge in [-0.3, -0.25) is 0 Å². The highest BCUT2D eigenvalue weighted by molar-refractivity contribution is 7.89. The van der Waals surface area contributed by atoms with Crippen LogP contribution >= 0.6 is 11.6 Å². The number of alkyl halides is 3. The Bertz CT molecular complexity index is 1070. The lowest BCUT2D eigenvalue weighted by Gasteiger charge is -2.25. The summed E-state index contributed by atoms with van der Waals surface area (Å²) in [5, 5.41) is 15.3. The summed E-state index contributed by atoms with van der Waals surface area (Å²) in [5.74, 6) is 0.113. The molecule has 0 saturated carbocycles. The Labute approximate surface area is 169 Å². The molecule has 0 aliphatic carbocycles. The summed E-state index contributed by atoms with van der Waals surface area (Å²) >= 11 is 6.07. The van der Waals surface area contributed by atoms with Gasteiger partial charge in [0.2, 0.25) is 10.0 Å². The lowest BCUT2D eigenvalue weighted by molar-refractivity contribution is -0.249. The first-order valence-corrected chi connectivity index (χ1v) is 9.91. The van der Waals surface area contributed by atoms with Crippen LogP contribution in [0, 0.1) is 0 Å². The number of sulfonamides is 1. The quantitative estimate of drug-likeness (QED) is 0.746. The first-order valence-electron chi connectivity index (χ1n) is 7.99. The summed E-state index contributed by atoms with van der Waals surface area (Å²) in [6.45, 7) is -0.926. The number of hydrogen-bond donors (Lipinski definition) is 2. The van der Waals surface area contributed by atoms with Gasteiger partial charge in [0, 0.05) is 11.3 Å². The summed E-state index contributed by atoms with van der Waals surface area (Å²) in [4.78, 5) is 4.42. The Morgan fingerprint density at radius 2 is 1.86 bits per heavy atom. The Morgan fingerprint density at radius 3 is 2.34 bits per heavy atom. The first-order chi connectivity index (χ1) is 13.4. The number of hydrogen-bond acceptors (Lipinski definition) is 6. The van der Waals surface area contributed by atoms with Crippen LogP contribution in [0.1, 0.15) is 5.56 Å². The average molecular weight is 450 g/mol. The molecule has 2 aromatic rings. The fraction of sp³-hybridized carbons (Fsp3) is 0.235. The van der Waals surface area contributed by atoms with E-state index in [1.54, 1.807) is 0 Å². The van der Waals surface area contributed by atoms with Gasteiger partial charge >= 0.3 is 6.18 Å². The van der Waals surface area contributed by atoms with Gasteiger partial charge in [-0.2, -0.15) is 13.2 Å². The van der Waals surface area contributed by atoms with Crippen LogP contribution < -0.4 is 14.8 Å². The summed E-state index contributed by atoms with van der Waals surface area (Å²) in [5.41, 5.74) is -2.98. The monoisotopic (exact) mass is 449 g/mol. The molecule has 0 radical (unpaired) electrons. The molecule has 3 N–H and O–H groups in total. The molecular formula is C17H15ClF3N3O4S. The van der Waals surface area contributed by atoms with Crippen LogP contribution in [0.2, 0.25) is 5.02 Å². The van der Waals surface area contributed by atoms with Crippen LogP contribution in [0.25, 0.3) is 0 Å². The highest BCUT2D eigenvalue weighted by Gasteiger charge is 2.59. The van der Waals surface area contributed by atoms with Crippen LogP contribution in [-0.4, -0.2) is 44.9 Å². The highest BCUT2D eigenvalue weighted by atomic mass is 35.5. The Morgan fingerprint density at radius 1 is 1.24 bits per heavy atom. The molecule has 156 valence electrons. The van der Waals surface area contributed by atoms with Gasteiger partial charge in [0.15, 0.2) is 0 Å². The largest absolute Gasteiger partial charge is 0.495 e. The van der Waals surface area contributed by atoms with Crippen LogP contribution in [-0.2, 0) is 10.0 Å². The van der Waals surface area contributed by atoms with Gasteiger partial charge in [-0.25, -0.2) is 18.5 Å². The molecule has 7 nitrogen and oxygen atoms in total. The topological polar surface area (TPSA) is 105 Å². The number of amidine groups is 1. The molecule has 29 heavy (non-hydrogen) atoms. The first kappa shape index (κ1) is 21.4. The summed E-state index contributed by atoms with van der Waals surface area (Å²) in [7, 11) is -2.59. The second-order valence-corrected chi connectivity index (χ2v) is 8.19. The van der Waals surface area contributed by atoms with Crippen molar-refractivity contribution in [3.8, 4) is 5.75 Å². The maximum Gasteiger partial charge on any atom is 0.440 e. The third-order valence-corrected chi connectivity index (χ3v) is 5.49. The summed E-state index contributed by atoms with van der Waals surface area (Å²) in [6.07, 6.45) is -5.04. The van der Waals surface area contributed by atoms with Gasteiger partial charge < -0.3 is 14.7 Å². The van der Waals surface area contributed by atoms with Gasteiger partial charge in [0.1, 0.15) is 11.6 Å². The zero-order chi connectivity index (χ0) is 21.6. The number of β-amino-alcohol motifs (C(OH)–C–C–N with tert-alkyl or cyclic N) is 1. The Kier molecular flexibility index (Phi) is 5.28. The second kappa shape index (κ2) is 7.17. The minimum Gasteiger partial charge on any atom is -0.495 e. The zero-order valence-corrected chi connectivity index (χ0v) is 16.4. The molecule has 0 bridgehead atoms. The normalized spacial score (nSPS) is 20.0. The number of methoxy groups -OCH3 is 1. The number of anilines is 1. The van der Waals surface area contributed by atoms with Crippen molar-refractivity contribution in [2.75, 3.05) is 18.6 Å². The van der Waals surface area contributed by atoms with Gasteiger partial charge in [-0.05, 0) is 42.5 Å². The van der Waals surface area contributed by atoms with E-state index < -0.39 is 28.5 Å². The van der Waals surface area contributed by atoms with E-state index in [0.717, 1.165) is 17.0 Å². The number of nitrogens with two attached hydrogens (primary N) is 1. The lowest BCUT2D eigenvalue weighted by Crippen LogP contribution is -2.47. The van der Waals surface area contributed by atoms with Crippen LogP contribution in [0.15, 0.2) is 52.4 Å². The van der Waals surface area contributed by atoms with E-state index in [-0.39, 0.29) is 27.0 Å². The number of primary sulfonamides is 1. The number of ether oxygens (including phenoxy) is 1. The summed E-state index contributed by atoms with van der Waals surface area (Å²) < 4.78 is 68.1. The predicted molar refractivity (Wildman–Crippen MR) is 101 cm³/mol. The highest BCUT2D eigenvalue weighted by Crippen LogP contribution is 2.39. The second-order valence-electron chi connectivity index (χ2n) is 6.22. The van der Waals surface area contributed by atoms with Crippen molar-refractivity contribution in [2.45, 2.75) is 16.8 Å². The van der Waals surface area contributed by atoms with E-state index in [9.17, 15) is 26.7 Å². The van der Waals surface area contributed by atoms with Crippen molar-refractivity contribution in [1.82, 2.24) is 0 Å². The third-order valence-electron chi connectivity index (χ3n) is 4.27. The number of nitrogens with zero attached hydrogens (tertiary/aromatic N) is 2. The molecule has 2 aromatic carbocycles. The number of aliphatic imine (C=N–C) groups is 1. The van der Waals surface area contributed by atoms with Crippen molar-refractivity contribution in [1.29, 1.82) is 0 Å². The molecule has 0 fully saturated rings. The van der Waals surface area contributed by atoms with E-state index in [4.69, 9.17) is 21.5 Å². The molecule has 1 unspecified atom stereocenters. The maximum atomic E-state index is 13.4. The smallest absolute Gasteiger partial charge is 0.440 e. The Hall–Kier alpha value is -2.34. The predicted octanol–water partition coefficient (Wildman–Crippen LogP) is 2.51. The van der Waals surface area contributed by atoms with Gasteiger partial charge in [0.05, 0.1) is 23.6 Å². The van der Waals surface area contributed by atoms with Crippen molar-refractivity contribution in [2.24, 2.45) is 10.1 Å². The zero-order valence-electron chi connectivity index (χ0n) is 14.8. The number of aliphatic hydroxyl groups is 1. The standard InChI is InChI=1S/C17H15ClF3N3O4S/c1-28-14-7-2-10(8-13(14)18)15-23-16(25,17(19,20)21)9-24(15)11-3-5-12(6-4-11)29(22,26)27/h2-8,25H,9H2,1H3,(H2,22,26,27). The molecule has 3 rings (SSSR count). The molecule has 1 aliphatic heterocycles. The molecule has 1 aliphatic rings. The van der Waals surface area contributed by atoms with E-state index in [1.807, 2.05) is 0 Å². The van der Waals surface area contributed by atoms with Gasteiger partial charge in [-0.15, -0.1) is 0 Å². The molecule has 0 amide bonds. The van der Waals surface area contributed by atoms with Crippen molar-refractivity contribution < 1.29 is 31.4 Å². The minimum absolute atomic E-state index is 0.139. The molecule has 0 saturated heterocycles. The molecule has 1 heterocycles. The molecule has 0 aromatic heterocycles. The van der Waals surface area contributed by atoms with E-state index in [1.165, 1.54) is 37.4 Å². The Balaban J connectivity index is 2.10. The van der Waals surface area contributed by atoms with Crippen LogP contribution in [0.3, 0.4) is 0 Å².